The summed E-state index contributed by atoms with van der Waals surface area (Å²) in [7, 11) is 1.57. The molecule has 0 aliphatic heterocycles. The highest BCUT2D eigenvalue weighted by molar-refractivity contribution is 5.95. The van der Waals surface area contributed by atoms with Crippen molar-refractivity contribution in [2.24, 2.45) is 0 Å². The average molecular weight is 471 g/mol. The largest absolute Gasteiger partial charge is 0.497 e. The molecule has 3 aromatic carbocycles. The number of methoxy groups -OCH3 is 1. The zero-order valence-electron chi connectivity index (χ0n) is 19.7. The van der Waals surface area contributed by atoms with Gasteiger partial charge < -0.3 is 20.1 Å². The van der Waals surface area contributed by atoms with E-state index in [1.54, 1.807) is 67.8 Å². The van der Waals surface area contributed by atoms with E-state index < -0.39 is 5.56 Å². The van der Waals surface area contributed by atoms with Crippen LogP contribution in [0.15, 0.2) is 89.9 Å². The second kappa shape index (κ2) is 10.6. The molecule has 0 aliphatic rings. The molecule has 0 bridgehead atoms. The zero-order chi connectivity index (χ0) is 24.8. The van der Waals surface area contributed by atoms with Crippen LogP contribution in [0.1, 0.15) is 24.2 Å². The first-order chi connectivity index (χ1) is 16.9. The van der Waals surface area contributed by atoms with Crippen molar-refractivity contribution in [3.63, 3.8) is 0 Å². The van der Waals surface area contributed by atoms with Gasteiger partial charge in [-0.05, 0) is 56.3 Å². The maximum Gasteiger partial charge on any atom is 0.299 e. The predicted molar refractivity (Wildman–Crippen MR) is 135 cm³/mol. The van der Waals surface area contributed by atoms with Crippen molar-refractivity contribution >= 4 is 17.3 Å². The Morgan fingerprint density at radius 2 is 1.69 bits per heavy atom. The second-order valence-electron chi connectivity index (χ2n) is 8.05. The van der Waals surface area contributed by atoms with E-state index in [9.17, 15) is 9.59 Å². The maximum atomic E-state index is 13.5. The van der Waals surface area contributed by atoms with Crippen LogP contribution >= 0.6 is 0 Å². The van der Waals surface area contributed by atoms with Crippen LogP contribution < -0.4 is 25.7 Å². The van der Waals surface area contributed by atoms with Crippen LogP contribution in [0.2, 0.25) is 0 Å². The average Bonchev–Trinajstić information content (AvgIpc) is 2.86. The maximum absolute atomic E-state index is 13.5. The molecule has 178 valence electrons. The van der Waals surface area contributed by atoms with Gasteiger partial charge in [0.1, 0.15) is 11.5 Å². The third-order valence-electron chi connectivity index (χ3n) is 5.03. The molecule has 8 nitrogen and oxygen atoms in total. The van der Waals surface area contributed by atoms with Gasteiger partial charge in [0.15, 0.2) is 11.4 Å². The number of ether oxygens (including phenoxy) is 2. The molecule has 0 fully saturated rings. The highest BCUT2D eigenvalue weighted by atomic mass is 16.5. The van der Waals surface area contributed by atoms with E-state index in [2.05, 4.69) is 15.7 Å². The number of hydrogen-bond donors (Lipinski definition) is 2. The van der Waals surface area contributed by atoms with Crippen molar-refractivity contribution in [1.29, 1.82) is 0 Å². The number of carbonyl (C=O) groups excluding carboxylic acids is 1. The molecule has 0 radical (unpaired) electrons. The number of para-hydroxylation sites is 1. The lowest BCUT2D eigenvalue weighted by molar-refractivity contribution is 0.0943. The fourth-order valence-electron chi connectivity index (χ4n) is 3.40. The summed E-state index contributed by atoms with van der Waals surface area (Å²) in [5.41, 5.74) is 1.40. The Bertz CT molecular complexity index is 1380. The van der Waals surface area contributed by atoms with Crippen LogP contribution in [0.25, 0.3) is 5.69 Å². The van der Waals surface area contributed by atoms with E-state index in [1.807, 2.05) is 32.0 Å². The summed E-state index contributed by atoms with van der Waals surface area (Å²) >= 11 is 0. The summed E-state index contributed by atoms with van der Waals surface area (Å²) in [6.07, 6.45) is 1.48. The van der Waals surface area contributed by atoms with E-state index in [4.69, 9.17) is 9.47 Å². The molecule has 8 heteroatoms. The van der Waals surface area contributed by atoms with Crippen molar-refractivity contribution in [1.82, 2.24) is 15.1 Å². The predicted octanol–water partition coefficient (Wildman–Crippen LogP) is 4.92. The summed E-state index contributed by atoms with van der Waals surface area (Å²) in [6.45, 7) is 3.79. The topological polar surface area (TPSA) is 94.5 Å². The van der Waals surface area contributed by atoms with Crippen molar-refractivity contribution in [3.8, 4) is 22.9 Å². The fourth-order valence-corrected chi connectivity index (χ4v) is 3.40. The van der Waals surface area contributed by atoms with Crippen molar-refractivity contribution in [2.45, 2.75) is 19.9 Å². The lowest BCUT2D eigenvalue weighted by Crippen LogP contribution is -2.30. The first-order valence-electron chi connectivity index (χ1n) is 11.1. The van der Waals surface area contributed by atoms with Crippen molar-refractivity contribution in [2.75, 3.05) is 12.4 Å². The zero-order valence-corrected chi connectivity index (χ0v) is 19.7. The summed E-state index contributed by atoms with van der Waals surface area (Å²) in [6, 6.07) is 23.1. The van der Waals surface area contributed by atoms with Crippen LogP contribution in [0.3, 0.4) is 0 Å². The molecule has 1 aromatic heterocycles. The molecule has 0 saturated carbocycles. The standard InChI is InChI=1S/C27H26N4O4/c1-18(2)29-26(32)19-9-7-10-20(15-19)30-25-24(35-23-14-8-13-22(16-23)34-3)17-28-31(27(25)33)21-11-5-4-6-12-21/h4-18,30H,1-3H3,(H,29,32). The second-order valence-corrected chi connectivity index (χ2v) is 8.05. The number of anilines is 2. The Hall–Kier alpha value is -4.59. The Labute approximate surface area is 203 Å². The molecule has 1 amide bonds. The Morgan fingerprint density at radius 3 is 2.43 bits per heavy atom. The Balaban J connectivity index is 1.75. The first-order valence-corrected chi connectivity index (χ1v) is 11.1. The Kier molecular flexibility index (Phi) is 7.11. The SMILES string of the molecule is COc1cccc(Oc2cnn(-c3ccccc3)c(=O)c2Nc2cccc(C(=O)NC(C)C)c2)c1. The van der Waals surface area contributed by atoms with Crippen LogP contribution in [0.5, 0.6) is 17.2 Å². The lowest BCUT2D eigenvalue weighted by atomic mass is 10.1. The Morgan fingerprint density at radius 1 is 0.943 bits per heavy atom. The molecule has 0 spiro atoms. The van der Waals surface area contributed by atoms with Gasteiger partial charge >= 0.3 is 0 Å². The third-order valence-corrected chi connectivity index (χ3v) is 5.03. The smallest absolute Gasteiger partial charge is 0.299 e. The molecule has 35 heavy (non-hydrogen) atoms. The first kappa shape index (κ1) is 23.6. The van der Waals surface area contributed by atoms with Crippen LogP contribution in [-0.2, 0) is 0 Å². The minimum atomic E-state index is -0.409. The van der Waals surface area contributed by atoms with Gasteiger partial charge in [-0.15, -0.1) is 0 Å². The molecule has 1 heterocycles. The van der Waals surface area contributed by atoms with E-state index in [0.29, 0.717) is 28.4 Å². The van der Waals surface area contributed by atoms with E-state index >= 15 is 0 Å². The van der Waals surface area contributed by atoms with Crippen LogP contribution in [-0.4, -0.2) is 28.8 Å². The van der Waals surface area contributed by atoms with E-state index in [0.717, 1.165) is 0 Å². The molecule has 0 unspecified atom stereocenters. The molecular weight excluding hydrogens is 444 g/mol. The van der Waals surface area contributed by atoms with E-state index in [1.165, 1.54) is 10.9 Å². The number of amides is 1. The van der Waals surface area contributed by atoms with Crippen LogP contribution in [0, 0.1) is 0 Å². The van der Waals surface area contributed by atoms with Crippen molar-refractivity contribution < 1.29 is 14.3 Å². The summed E-state index contributed by atoms with van der Waals surface area (Å²) < 4.78 is 12.6. The van der Waals surface area contributed by atoms with Crippen molar-refractivity contribution in [3.05, 3.63) is 101 Å². The summed E-state index contributed by atoms with van der Waals surface area (Å²) in [4.78, 5) is 26.0. The molecule has 0 saturated heterocycles. The number of carbonyl (C=O) groups is 1. The normalized spacial score (nSPS) is 10.6. The lowest BCUT2D eigenvalue weighted by Gasteiger charge is -2.15. The molecular formula is C27H26N4O4. The molecule has 0 atom stereocenters. The van der Waals surface area contributed by atoms with E-state index in [-0.39, 0.29) is 23.4 Å². The van der Waals surface area contributed by atoms with Gasteiger partial charge in [0.05, 0.1) is 19.0 Å². The monoisotopic (exact) mass is 470 g/mol. The highest BCUT2D eigenvalue weighted by Crippen LogP contribution is 2.30. The highest BCUT2D eigenvalue weighted by Gasteiger charge is 2.16. The number of nitrogens with zero attached hydrogens (tertiary/aromatic N) is 2. The summed E-state index contributed by atoms with van der Waals surface area (Å²) in [5, 5.41) is 10.3. The number of hydrogen-bond acceptors (Lipinski definition) is 6. The van der Waals surface area contributed by atoms with Gasteiger partial charge in [0, 0.05) is 23.4 Å². The molecule has 4 rings (SSSR count). The van der Waals surface area contributed by atoms with Gasteiger partial charge in [-0.3, -0.25) is 9.59 Å². The minimum absolute atomic E-state index is 0.000236. The minimum Gasteiger partial charge on any atom is -0.497 e. The summed E-state index contributed by atoms with van der Waals surface area (Å²) in [5.74, 6) is 1.13. The van der Waals surface area contributed by atoms with Gasteiger partial charge in [-0.25, -0.2) is 0 Å². The number of benzene rings is 3. The quantitative estimate of drug-likeness (QED) is 0.380. The number of nitrogens with one attached hydrogen (secondary N) is 2. The number of rotatable bonds is 8. The fraction of sp³-hybridized carbons (Fsp3) is 0.148. The van der Waals surface area contributed by atoms with Gasteiger partial charge in [-0.2, -0.15) is 9.78 Å². The molecule has 4 aromatic rings. The number of aromatic nitrogens is 2. The molecule has 0 aliphatic carbocycles. The third kappa shape index (κ3) is 5.67. The van der Waals surface area contributed by atoms with Gasteiger partial charge in [-0.1, -0.05) is 30.3 Å². The van der Waals surface area contributed by atoms with Gasteiger partial charge in [0.25, 0.3) is 11.5 Å². The van der Waals surface area contributed by atoms with Crippen LogP contribution in [0.4, 0.5) is 11.4 Å². The molecule has 2 N–H and O–H groups in total. The van der Waals surface area contributed by atoms with Gasteiger partial charge in [0.2, 0.25) is 0 Å².